The van der Waals surface area contributed by atoms with E-state index in [9.17, 15) is 0 Å². The molecule has 0 atom stereocenters. The summed E-state index contributed by atoms with van der Waals surface area (Å²) in [5, 5.41) is 1.32. The first-order valence-corrected chi connectivity index (χ1v) is 8.24. The minimum atomic E-state index is 0. The number of para-hydroxylation sites is 1. The number of likely N-dealkylation sites (tertiary alicyclic amines) is 1. The van der Waals surface area contributed by atoms with E-state index in [4.69, 9.17) is 22.1 Å². The number of anilines is 1. The molecule has 1 aromatic carbocycles. The summed E-state index contributed by atoms with van der Waals surface area (Å²) in [4.78, 5) is 7.73. The van der Waals surface area contributed by atoms with Crippen LogP contribution in [-0.4, -0.2) is 29.1 Å². The van der Waals surface area contributed by atoms with E-state index in [1.54, 1.807) is 11.3 Å². The number of nitrogens with zero attached hydrogens (tertiary/aromatic N) is 2. The van der Waals surface area contributed by atoms with Gasteiger partial charge in [-0.15, -0.1) is 23.7 Å². The topological polar surface area (TPSA) is 51.4 Å². The minimum absolute atomic E-state index is 0. The molecule has 7 heteroatoms. The van der Waals surface area contributed by atoms with Gasteiger partial charge in [-0.3, -0.25) is 4.90 Å². The van der Waals surface area contributed by atoms with Crippen LogP contribution < -0.4 is 10.5 Å². The molecule has 2 N–H and O–H groups in total. The number of benzene rings is 1. The average molecular weight is 360 g/mol. The lowest BCUT2D eigenvalue weighted by Gasteiger charge is -2.31. The molecule has 0 radical (unpaired) electrons. The quantitative estimate of drug-likeness (QED) is 0.900. The predicted octanol–water partition coefficient (Wildman–Crippen LogP) is 3.84. The Kier molecular flexibility index (Phi) is 6.32. The van der Waals surface area contributed by atoms with Crippen LogP contribution in [0.15, 0.2) is 30.5 Å². The van der Waals surface area contributed by atoms with Gasteiger partial charge in [-0.2, -0.15) is 0 Å². The van der Waals surface area contributed by atoms with E-state index in [-0.39, 0.29) is 18.5 Å². The summed E-state index contributed by atoms with van der Waals surface area (Å²) in [5.41, 5.74) is 5.66. The molecular formula is C15H19Cl2N3OS. The highest BCUT2D eigenvalue weighted by molar-refractivity contribution is 7.15. The van der Waals surface area contributed by atoms with Gasteiger partial charge >= 0.3 is 0 Å². The van der Waals surface area contributed by atoms with Crippen molar-refractivity contribution in [2.24, 2.45) is 0 Å². The molecule has 0 unspecified atom stereocenters. The molecule has 1 aliphatic rings. The number of nitrogens with two attached hydrogens (primary N) is 1. The second kappa shape index (κ2) is 8.02. The smallest absolute Gasteiger partial charge is 0.180 e. The maximum atomic E-state index is 6.13. The maximum absolute atomic E-state index is 6.13. The van der Waals surface area contributed by atoms with Crippen LogP contribution in [0.25, 0.3) is 0 Å². The van der Waals surface area contributed by atoms with Crippen LogP contribution in [0.2, 0.25) is 5.02 Å². The number of piperidine rings is 1. The van der Waals surface area contributed by atoms with E-state index in [1.165, 1.54) is 4.88 Å². The molecule has 4 nitrogen and oxygen atoms in total. The fraction of sp³-hybridized carbons (Fsp3) is 0.400. The van der Waals surface area contributed by atoms with Gasteiger partial charge in [-0.05, 0) is 25.0 Å². The van der Waals surface area contributed by atoms with Crippen molar-refractivity contribution in [1.29, 1.82) is 0 Å². The number of aromatic nitrogens is 1. The first-order chi connectivity index (χ1) is 10.2. The molecule has 1 aromatic heterocycles. The van der Waals surface area contributed by atoms with E-state index >= 15 is 0 Å². The zero-order valence-corrected chi connectivity index (χ0v) is 14.5. The molecule has 1 fully saturated rings. The molecule has 0 aliphatic carbocycles. The van der Waals surface area contributed by atoms with Gasteiger partial charge < -0.3 is 10.5 Å². The Morgan fingerprint density at radius 2 is 2.05 bits per heavy atom. The Hall–Kier alpha value is -1.01. The first-order valence-electron chi connectivity index (χ1n) is 7.04. The minimum Gasteiger partial charge on any atom is -0.489 e. The summed E-state index contributed by atoms with van der Waals surface area (Å²) in [6.45, 7) is 2.97. The lowest BCUT2D eigenvalue weighted by Crippen LogP contribution is -2.37. The highest BCUT2D eigenvalue weighted by Gasteiger charge is 2.21. The Morgan fingerprint density at radius 3 is 2.68 bits per heavy atom. The van der Waals surface area contributed by atoms with Gasteiger partial charge in [0.1, 0.15) is 11.9 Å². The summed E-state index contributed by atoms with van der Waals surface area (Å²) in [5.74, 6) is 0.785. The standard InChI is InChI=1S/C15H18ClN3OS.ClH/c16-13-3-1-2-4-14(13)20-11-5-7-19(8-6-11)10-12-9-18-15(17)21-12;/h1-4,9,11H,5-8,10H2,(H2,17,18);1H. The molecule has 0 bridgehead atoms. The van der Waals surface area contributed by atoms with Crippen molar-refractivity contribution in [3.63, 3.8) is 0 Å². The largest absolute Gasteiger partial charge is 0.489 e. The summed E-state index contributed by atoms with van der Waals surface area (Å²) in [6, 6.07) is 7.65. The van der Waals surface area contributed by atoms with E-state index in [0.29, 0.717) is 10.2 Å². The molecule has 22 heavy (non-hydrogen) atoms. The number of thiazole rings is 1. The Bertz CT molecular complexity index is 600. The monoisotopic (exact) mass is 359 g/mol. The second-order valence-corrected chi connectivity index (χ2v) is 6.74. The van der Waals surface area contributed by atoms with Crippen LogP contribution in [-0.2, 0) is 6.54 Å². The number of ether oxygens (including phenoxy) is 1. The third-order valence-corrected chi connectivity index (χ3v) is 4.74. The van der Waals surface area contributed by atoms with E-state index < -0.39 is 0 Å². The van der Waals surface area contributed by atoms with Gasteiger partial charge in [0.15, 0.2) is 5.13 Å². The fourth-order valence-electron chi connectivity index (χ4n) is 2.52. The average Bonchev–Trinajstić information content (AvgIpc) is 2.89. The number of hydrogen-bond acceptors (Lipinski definition) is 5. The normalized spacial score (nSPS) is 16.2. The van der Waals surface area contributed by atoms with Crippen molar-refractivity contribution in [1.82, 2.24) is 9.88 Å². The highest BCUT2D eigenvalue weighted by Crippen LogP contribution is 2.27. The van der Waals surface area contributed by atoms with Crippen molar-refractivity contribution in [3.8, 4) is 5.75 Å². The predicted molar refractivity (Wildman–Crippen MR) is 94.2 cm³/mol. The molecule has 120 valence electrons. The molecule has 2 heterocycles. The zero-order valence-electron chi connectivity index (χ0n) is 12.1. The SMILES string of the molecule is Cl.Nc1ncc(CN2CCC(Oc3ccccc3Cl)CC2)s1. The van der Waals surface area contributed by atoms with Crippen LogP contribution in [0.4, 0.5) is 5.13 Å². The van der Waals surface area contributed by atoms with E-state index in [0.717, 1.165) is 38.2 Å². The Morgan fingerprint density at radius 1 is 1.32 bits per heavy atom. The van der Waals surface area contributed by atoms with Crippen LogP contribution in [0.1, 0.15) is 17.7 Å². The van der Waals surface area contributed by atoms with Crippen molar-refractivity contribution < 1.29 is 4.74 Å². The lowest BCUT2D eigenvalue weighted by molar-refractivity contribution is 0.0974. The van der Waals surface area contributed by atoms with Crippen LogP contribution in [0.5, 0.6) is 5.75 Å². The maximum Gasteiger partial charge on any atom is 0.180 e. The molecule has 1 saturated heterocycles. The lowest BCUT2D eigenvalue weighted by atomic mass is 10.1. The molecule has 1 aliphatic heterocycles. The molecule has 0 spiro atoms. The van der Waals surface area contributed by atoms with Gasteiger partial charge in [0.2, 0.25) is 0 Å². The number of hydrogen-bond donors (Lipinski definition) is 1. The van der Waals surface area contributed by atoms with Crippen molar-refractivity contribution in [2.75, 3.05) is 18.8 Å². The van der Waals surface area contributed by atoms with Crippen molar-refractivity contribution in [3.05, 3.63) is 40.4 Å². The van der Waals surface area contributed by atoms with Crippen LogP contribution >= 0.6 is 35.3 Å². The van der Waals surface area contributed by atoms with Gasteiger partial charge in [-0.25, -0.2) is 4.98 Å². The first kappa shape index (κ1) is 17.3. The van der Waals surface area contributed by atoms with Gasteiger partial charge in [-0.1, -0.05) is 23.7 Å². The van der Waals surface area contributed by atoms with Gasteiger partial charge in [0.25, 0.3) is 0 Å². The summed E-state index contributed by atoms with van der Waals surface area (Å²) >= 11 is 7.69. The van der Waals surface area contributed by atoms with Crippen LogP contribution in [0.3, 0.4) is 0 Å². The number of rotatable bonds is 4. The molecule has 0 amide bonds. The van der Waals surface area contributed by atoms with Crippen LogP contribution in [0, 0.1) is 0 Å². The third kappa shape index (κ3) is 4.49. The second-order valence-electron chi connectivity index (χ2n) is 5.19. The molecule has 3 rings (SSSR count). The van der Waals surface area contributed by atoms with Crippen molar-refractivity contribution in [2.45, 2.75) is 25.5 Å². The third-order valence-electron chi connectivity index (χ3n) is 3.62. The fourth-order valence-corrected chi connectivity index (χ4v) is 3.43. The molecule has 2 aromatic rings. The number of nitrogen functional groups attached to an aromatic ring is 1. The summed E-state index contributed by atoms with van der Waals surface area (Å²) in [6.07, 6.45) is 4.14. The Labute approximate surface area is 145 Å². The summed E-state index contributed by atoms with van der Waals surface area (Å²) < 4.78 is 6.00. The van der Waals surface area contributed by atoms with E-state index in [2.05, 4.69) is 9.88 Å². The van der Waals surface area contributed by atoms with E-state index in [1.807, 2.05) is 30.5 Å². The highest BCUT2D eigenvalue weighted by atomic mass is 35.5. The van der Waals surface area contributed by atoms with Crippen molar-refractivity contribution >= 4 is 40.5 Å². The number of halogens is 2. The zero-order chi connectivity index (χ0) is 14.7. The Balaban J connectivity index is 0.00000176. The molecular weight excluding hydrogens is 341 g/mol. The van der Waals surface area contributed by atoms with Gasteiger partial charge in [0, 0.05) is 30.7 Å². The van der Waals surface area contributed by atoms with Gasteiger partial charge in [0.05, 0.1) is 5.02 Å². The molecule has 0 saturated carbocycles. The summed E-state index contributed by atoms with van der Waals surface area (Å²) in [7, 11) is 0.